The lowest BCUT2D eigenvalue weighted by atomic mass is 10.1. The van der Waals surface area contributed by atoms with Gasteiger partial charge in [-0.15, -0.1) is 0 Å². The van der Waals surface area contributed by atoms with Crippen molar-refractivity contribution < 1.29 is 28.0 Å². The second-order valence-corrected chi connectivity index (χ2v) is 8.33. The van der Waals surface area contributed by atoms with E-state index in [0.29, 0.717) is 45.4 Å². The quantitative estimate of drug-likeness (QED) is 0.317. The number of H-pyrrole nitrogens is 1. The summed E-state index contributed by atoms with van der Waals surface area (Å²) in [6.45, 7) is 0. The van der Waals surface area contributed by atoms with Gasteiger partial charge in [-0.25, -0.2) is 14.1 Å². The van der Waals surface area contributed by atoms with Crippen LogP contribution in [0.5, 0.6) is 23.0 Å². The lowest BCUT2D eigenvalue weighted by Crippen LogP contribution is -2.29. The van der Waals surface area contributed by atoms with E-state index in [1.807, 2.05) is 0 Å². The van der Waals surface area contributed by atoms with Gasteiger partial charge in [0.1, 0.15) is 11.6 Å². The first-order chi connectivity index (χ1) is 18.4. The fourth-order valence-electron chi connectivity index (χ4n) is 3.98. The monoisotopic (exact) mass is 517 g/mol. The standard InChI is InChI=1S/C28H22F2N4O4/c1-34-27(35)20(15-32-28(34)33-18-7-5-17(29)6-8-18)16-4-9-24(21(30)12-16)38-23-10-11-31-22-14-26(37-3)25(36-2)13-19(22)23/h4-15H,1-3H3,(H,32,33)/p+1. The molecule has 0 radical (unpaired) electrons. The number of hydrogen-bond acceptors (Lipinski definition) is 6. The van der Waals surface area contributed by atoms with Crippen LogP contribution in [0.3, 0.4) is 0 Å². The number of nitrogens with zero attached hydrogens (tertiary/aromatic N) is 2. The van der Waals surface area contributed by atoms with Crippen molar-refractivity contribution in [1.29, 1.82) is 0 Å². The van der Waals surface area contributed by atoms with Crippen LogP contribution in [0.2, 0.25) is 0 Å². The number of aromatic nitrogens is 3. The molecule has 0 saturated carbocycles. The molecule has 0 aliphatic rings. The van der Waals surface area contributed by atoms with Crippen molar-refractivity contribution in [3.05, 3.63) is 95.0 Å². The number of nitrogens with one attached hydrogen (secondary N) is 2. The third-order valence-electron chi connectivity index (χ3n) is 6.00. The van der Waals surface area contributed by atoms with E-state index in [1.54, 1.807) is 49.6 Å². The molecule has 0 unspecified atom stereocenters. The normalized spacial score (nSPS) is 10.9. The maximum atomic E-state index is 15.2. The predicted molar refractivity (Wildman–Crippen MR) is 138 cm³/mol. The Kier molecular flexibility index (Phi) is 6.61. The molecular formula is C28H23F2N4O4+. The Morgan fingerprint density at radius 1 is 0.895 bits per heavy atom. The van der Waals surface area contributed by atoms with Gasteiger partial charge < -0.3 is 14.2 Å². The number of methoxy groups -OCH3 is 2. The molecular weight excluding hydrogens is 494 g/mol. The maximum absolute atomic E-state index is 15.2. The van der Waals surface area contributed by atoms with E-state index in [2.05, 4.69) is 15.3 Å². The summed E-state index contributed by atoms with van der Waals surface area (Å²) in [5.41, 5.74) is 1.45. The summed E-state index contributed by atoms with van der Waals surface area (Å²) >= 11 is 0. The van der Waals surface area contributed by atoms with Gasteiger partial charge in [-0.05, 0) is 54.1 Å². The predicted octanol–water partition coefficient (Wildman–Crippen LogP) is 5.25. The fourth-order valence-corrected chi connectivity index (χ4v) is 3.98. The number of hydrogen-bond donors (Lipinski definition) is 1. The highest BCUT2D eigenvalue weighted by atomic mass is 19.1. The summed E-state index contributed by atoms with van der Waals surface area (Å²) in [6.07, 6.45) is 3.04. The largest absolute Gasteiger partial charge is 0.493 e. The van der Waals surface area contributed by atoms with E-state index in [9.17, 15) is 9.18 Å². The van der Waals surface area contributed by atoms with Crippen LogP contribution < -0.4 is 30.1 Å². The first kappa shape index (κ1) is 24.7. The van der Waals surface area contributed by atoms with Crippen LogP contribution in [0.4, 0.5) is 20.4 Å². The molecule has 2 N–H and O–H groups in total. The van der Waals surface area contributed by atoms with Crippen molar-refractivity contribution in [3.63, 3.8) is 0 Å². The molecule has 10 heteroatoms. The highest BCUT2D eigenvalue weighted by molar-refractivity contribution is 5.88. The smallest absolute Gasteiger partial charge is 0.362 e. The minimum Gasteiger partial charge on any atom is -0.493 e. The third-order valence-corrected chi connectivity index (χ3v) is 6.00. The van der Waals surface area contributed by atoms with Gasteiger partial charge in [0.25, 0.3) is 0 Å². The van der Waals surface area contributed by atoms with Gasteiger partial charge in [-0.3, -0.25) is 14.8 Å². The molecule has 0 aliphatic carbocycles. The van der Waals surface area contributed by atoms with Gasteiger partial charge in [-0.1, -0.05) is 6.07 Å². The maximum Gasteiger partial charge on any atom is 0.362 e. The Bertz CT molecular complexity index is 1700. The molecule has 0 fully saturated rings. The fraction of sp³-hybridized carbons (Fsp3) is 0.107. The molecule has 3 aromatic carbocycles. The van der Waals surface area contributed by atoms with E-state index >= 15 is 4.39 Å². The first-order valence-electron chi connectivity index (χ1n) is 11.5. The molecule has 0 spiro atoms. The third kappa shape index (κ3) is 4.71. The lowest BCUT2D eigenvalue weighted by molar-refractivity contribution is -0.366. The highest BCUT2D eigenvalue weighted by Crippen LogP contribution is 2.37. The Hall–Kier alpha value is -4.99. The van der Waals surface area contributed by atoms with Crippen molar-refractivity contribution >= 4 is 22.5 Å². The molecule has 2 heterocycles. The second kappa shape index (κ2) is 10.2. The minimum atomic E-state index is -0.650. The van der Waals surface area contributed by atoms with Crippen molar-refractivity contribution in [1.82, 2.24) is 9.55 Å². The van der Waals surface area contributed by atoms with Crippen LogP contribution >= 0.6 is 0 Å². The molecule has 0 amide bonds. The number of halogens is 2. The summed E-state index contributed by atoms with van der Waals surface area (Å²) in [5, 5.41) is 3.63. The number of anilines is 2. The van der Waals surface area contributed by atoms with E-state index in [4.69, 9.17) is 14.2 Å². The SMILES string of the molecule is COc1cc2nccc(Oc3ccc(-c4c[nH+]c(Nc5ccc(F)cc5)n(C)c4=O)cc3F)c2cc1OC. The first-order valence-corrected chi connectivity index (χ1v) is 11.5. The molecule has 5 rings (SSSR count). The molecule has 8 nitrogen and oxygen atoms in total. The lowest BCUT2D eigenvalue weighted by Gasteiger charge is -2.13. The number of ether oxygens (including phenoxy) is 3. The number of benzene rings is 3. The summed E-state index contributed by atoms with van der Waals surface area (Å²) in [4.78, 5) is 20.4. The summed E-state index contributed by atoms with van der Waals surface area (Å²) in [5.74, 6) is 0.714. The average molecular weight is 518 g/mol. The van der Waals surface area contributed by atoms with Crippen LogP contribution in [0.1, 0.15) is 0 Å². The summed E-state index contributed by atoms with van der Waals surface area (Å²) in [7, 11) is 4.62. The van der Waals surface area contributed by atoms with Crippen LogP contribution in [0.25, 0.3) is 22.0 Å². The number of pyridine rings is 1. The minimum absolute atomic E-state index is 0.0218. The van der Waals surface area contributed by atoms with Crippen LogP contribution in [-0.2, 0) is 7.05 Å². The Morgan fingerprint density at radius 2 is 1.63 bits per heavy atom. The van der Waals surface area contributed by atoms with Crippen molar-refractivity contribution in [2.75, 3.05) is 19.5 Å². The molecule has 192 valence electrons. The average Bonchev–Trinajstić information content (AvgIpc) is 2.93. The van der Waals surface area contributed by atoms with Gasteiger partial charge in [-0.2, -0.15) is 4.57 Å². The Morgan fingerprint density at radius 3 is 2.34 bits per heavy atom. The van der Waals surface area contributed by atoms with Gasteiger partial charge in [0, 0.05) is 17.6 Å². The zero-order valence-corrected chi connectivity index (χ0v) is 20.7. The summed E-state index contributed by atoms with van der Waals surface area (Å²) < 4.78 is 46.3. The van der Waals surface area contributed by atoms with E-state index in [1.165, 1.54) is 49.2 Å². The van der Waals surface area contributed by atoms with Gasteiger partial charge in [0.15, 0.2) is 23.1 Å². The molecule has 2 aromatic heterocycles. The van der Waals surface area contributed by atoms with Crippen LogP contribution in [0.15, 0.2) is 77.9 Å². The van der Waals surface area contributed by atoms with Crippen molar-refractivity contribution in [2.24, 2.45) is 7.05 Å². The van der Waals surface area contributed by atoms with E-state index in [-0.39, 0.29) is 22.7 Å². The van der Waals surface area contributed by atoms with Crippen LogP contribution in [-0.4, -0.2) is 23.8 Å². The second-order valence-electron chi connectivity index (χ2n) is 8.33. The molecule has 38 heavy (non-hydrogen) atoms. The van der Waals surface area contributed by atoms with Crippen LogP contribution in [0, 0.1) is 11.6 Å². The topological polar surface area (TPSA) is 88.8 Å². The Labute approximate surface area is 216 Å². The molecule has 0 atom stereocenters. The number of rotatable bonds is 7. The van der Waals surface area contributed by atoms with Gasteiger partial charge in [0.2, 0.25) is 0 Å². The number of aromatic amines is 1. The molecule has 0 aliphatic heterocycles. The van der Waals surface area contributed by atoms with E-state index < -0.39 is 5.82 Å². The zero-order chi connectivity index (χ0) is 26.8. The Balaban J connectivity index is 1.44. The van der Waals surface area contributed by atoms with Crippen molar-refractivity contribution in [2.45, 2.75) is 0 Å². The highest BCUT2D eigenvalue weighted by Gasteiger charge is 2.18. The molecule has 0 saturated heterocycles. The van der Waals surface area contributed by atoms with Crippen molar-refractivity contribution in [3.8, 4) is 34.1 Å². The summed E-state index contributed by atoms with van der Waals surface area (Å²) in [6, 6.07) is 15.1. The molecule has 5 aromatic rings. The van der Waals surface area contributed by atoms with Gasteiger partial charge in [0.05, 0.1) is 44.2 Å². The number of fused-ring (bicyclic) bond motifs is 1. The zero-order valence-electron chi connectivity index (χ0n) is 20.7. The van der Waals surface area contributed by atoms with E-state index in [0.717, 1.165) is 0 Å². The molecule has 0 bridgehead atoms. The van der Waals surface area contributed by atoms with Gasteiger partial charge >= 0.3 is 11.5 Å².